The number of aryl methyl sites for hydroxylation is 1. The predicted molar refractivity (Wildman–Crippen MR) is 138 cm³/mol. The molecule has 0 N–H and O–H groups in total. The fraction of sp³-hybridized carbons (Fsp3) is 0.333. The summed E-state index contributed by atoms with van der Waals surface area (Å²) in [7, 11) is 1.50. The zero-order valence-electron chi connectivity index (χ0n) is 19.3. The van der Waals surface area contributed by atoms with Gasteiger partial charge in [0.25, 0.3) is 5.56 Å². The Morgan fingerprint density at radius 1 is 1.21 bits per heavy atom. The summed E-state index contributed by atoms with van der Waals surface area (Å²) in [6, 6.07) is 8.85. The van der Waals surface area contributed by atoms with Crippen LogP contribution < -0.4 is 15.0 Å². The average Bonchev–Trinajstić information content (AvgIpc) is 2.80. The van der Waals surface area contributed by atoms with Crippen LogP contribution in [0, 0.1) is 0 Å². The molecule has 0 bridgehead atoms. The highest BCUT2D eigenvalue weighted by Crippen LogP contribution is 2.35. The Kier molecular flexibility index (Phi) is 8.84. The van der Waals surface area contributed by atoms with Gasteiger partial charge in [-0.15, -0.1) is 0 Å². The van der Waals surface area contributed by atoms with Crippen LogP contribution in [0.2, 0.25) is 0 Å². The molecule has 180 valence electrons. The molecule has 0 aliphatic heterocycles. The van der Waals surface area contributed by atoms with Crippen LogP contribution in [0.1, 0.15) is 38.6 Å². The maximum atomic E-state index is 13.3. The summed E-state index contributed by atoms with van der Waals surface area (Å²) in [4.78, 5) is 30.0. The highest BCUT2D eigenvalue weighted by Gasteiger charge is 2.21. The molecule has 2 aromatic carbocycles. The third kappa shape index (κ3) is 5.85. The molecule has 10 heteroatoms. The van der Waals surface area contributed by atoms with Crippen molar-refractivity contribution >= 4 is 54.9 Å². The minimum absolute atomic E-state index is 0.243. The van der Waals surface area contributed by atoms with Gasteiger partial charge in [0, 0.05) is 20.9 Å². The molecule has 0 fully saturated rings. The van der Waals surface area contributed by atoms with Crippen molar-refractivity contribution in [3.8, 4) is 11.5 Å². The molecule has 1 aromatic heterocycles. The molecule has 8 nitrogen and oxygen atoms in total. The number of aromatic nitrogens is 2. The molecule has 3 rings (SSSR count). The van der Waals surface area contributed by atoms with E-state index in [1.165, 1.54) is 18.0 Å². The van der Waals surface area contributed by atoms with Crippen molar-refractivity contribution < 1.29 is 19.0 Å². The van der Waals surface area contributed by atoms with E-state index in [1.807, 2.05) is 13.0 Å². The van der Waals surface area contributed by atoms with Crippen molar-refractivity contribution in [1.29, 1.82) is 0 Å². The Morgan fingerprint density at radius 3 is 2.65 bits per heavy atom. The summed E-state index contributed by atoms with van der Waals surface area (Å²) in [5, 5.41) is 4.92. The zero-order valence-corrected chi connectivity index (χ0v) is 22.5. The Hall–Kier alpha value is -2.72. The Morgan fingerprint density at radius 2 is 1.97 bits per heavy atom. The van der Waals surface area contributed by atoms with Crippen molar-refractivity contribution in [2.24, 2.45) is 5.10 Å². The summed E-state index contributed by atoms with van der Waals surface area (Å²) >= 11 is 6.86. The SMILES string of the molecule is CCCc1nc2ccc(Br)cc2c(=O)n1N=Cc1cc(Br)cc(OC)c1O[C@@H](C)C(=O)OCC. The number of carbonyl (C=O) groups excluding carboxylic acids is 1. The summed E-state index contributed by atoms with van der Waals surface area (Å²) in [6.07, 6.45) is 1.98. The van der Waals surface area contributed by atoms with E-state index in [0.29, 0.717) is 44.7 Å². The minimum Gasteiger partial charge on any atom is -0.493 e. The van der Waals surface area contributed by atoms with Crippen LogP contribution in [0.3, 0.4) is 0 Å². The van der Waals surface area contributed by atoms with Gasteiger partial charge in [0.1, 0.15) is 5.82 Å². The second-order valence-corrected chi connectivity index (χ2v) is 9.17. The molecule has 0 spiro atoms. The van der Waals surface area contributed by atoms with Crippen molar-refractivity contribution in [3.63, 3.8) is 0 Å². The molecular weight excluding hydrogens is 570 g/mol. The van der Waals surface area contributed by atoms with Crippen molar-refractivity contribution in [2.75, 3.05) is 13.7 Å². The first kappa shape index (κ1) is 25.9. The lowest BCUT2D eigenvalue weighted by molar-refractivity contribution is -0.150. The molecule has 0 aliphatic carbocycles. The van der Waals surface area contributed by atoms with Gasteiger partial charge in [-0.05, 0) is 50.6 Å². The summed E-state index contributed by atoms with van der Waals surface area (Å²) in [5.74, 6) is 0.745. The Bertz CT molecular complexity index is 1290. The molecule has 3 aromatic rings. The topological polar surface area (TPSA) is 92.0 Å². The van der Waals surface area contributed by atoms with E-state index in [2.05, 4.69) is 41.9 Å². The highest BCUT2D eigenvalue weighted by atomic mass is 79.9. The summed E-state index contributed by atoms with van der Waals surface area (Å²) < 4.78 is 19.2. The Balaban J connectivity index is 2.12. The van der Waals surface area contributed by atoms with Gasteiger partial charge < -0.3 is 14.2 Å². The van der Waals surface area contributed by atoms with E-state index in [-0.39, 0.29) is 12.2 Å². The van der Waals surface area contributed by atoms with E-state index in [0.717, 1.165) is 10.9 Å². The molecule has 0 radical (unpaired) electrons. The number of hydrogen-bond donors (Lipinski definition) is 0. The molecule has 1 heterocycles. The predicted octanol–water partition coefficient (Wildman–Crippen LogP) is 5.10. The van der Waals surface area contributed by atoms with Gasteiger partial charge in [0.15, 0.2) is 17.6 Å². The normalized spacial score (nSPS) is 12.2. The standard InChI is InChI=1S/C24H25Br2N3O5/c1-5-7-21-28-19-9-8-16(25)11-18(19)23(30)29(21)27-13-15-10-17(26)12-20(32-4)22(15)34-14(3)24(31)33-6-2/h8-14H,5-7H2,1-4H3/t14-/m0/s1. The maximum Gasteiger partial charge on any atom is 0.347 e. The van der Waals surface area contributed by atoms with E-state index in [1.54, 1.807) is 38.1 Å². The van der Waals surface area contributed by atoms with E-state index < -0.39 is 12.1 Å². The second kappa shape index (κ2) is 11.6. The minimum atomic E-state index is -0.875. The molecule has 0 aliphatic rings. The number of fused-ring (bicyclic) bond motifs is 1. The van der Waals surface area contributed by atoms with Crippen LogP contribution >= 0.6 is 31.9 Å². The quantitative estimate of drug-likeness (QED) is 0.253. The number of esters is 1. The lowest BCUT2D eigenvalue weighted by Gasteiger charge is -2.18. The van der Waals surface area contributed by atoms with E-state index >= 15 is 0 Å². The van der Waals surface area contributed by atoms with Crippen LogP contribution in [0.5, 0.6) is 11.5 Å². The molecule has 0 amide bonds. The fourth-order valence-electron chi connectivity index (χ4n) is 3.27. The molecule has 0 unspecified atom stereocenters. The number of hydrogen-bond acceptors (Lipinski definition) is 7. The van der Waals surface area contributed by atoms with Gasteiger partial charge in [-0.2, -0.15) is 9.78 Å². The average molecular weight is 595 g/mol. The van der Waals surface area contributed by atoms with Gasteiger partial charge in [0.05, 0.1) is 30.8 Å². The van der Waals surface area contributed by atoms with Crippen LogP contribution in [0.4, 0.5) is 0 Å². The number of methoxy groups -OCH3 is 1. The van der Waals surface area contributed by atoms with E-state index in [4.69, 9.17) is 14.2 Å². The number of rotatable bonds is 9. The lowest BCUT2D eigenvalue weighted by atomic mass is 10.2. The van der Waals surface area contributed by atoms with Gasteiger partial charge in [-0.3, -0.25) is 4.79 Å². The molecule has 0 saturated carbocycles. The smallest absolute Gasteiger partial charge is 0.347 e. The van der Waals surface area contributed by atoms with Crippen molar-refractivity contribution in [2.45, 2.75) is 39.7 Å². The van der Waals surface area contributed by atoms with Crippen LogP contribution in [-0.4, -0.2) is 41.7 Å². The van der Waals surface area contributed by atoms with Gasteiger partial charge >= 0.3 is 5.97 Å². The second-order valence-electron chi connectivity index (χ2n) is 7.34. The fourth-order valence-corrected chi connectivity index (χ4v) is 4.08. The molecule has 34 heavy (non-hydrogen) atoms. The van der Waals surface area contributed by atoms with Gasteiger partial charge in [0.2, 0.25) is 0 Å². The van der Waals surface area contributed by atoms with Gasteiger partial charge in [-0.1, -0.05) is 38.8 Å². The van der Waals surface area contributed by atoms with E-state index in [9.17, 15) is 9.59 Å². The van der Waals surface area contributed by atoms with Gasteiger partial charge in [-0.25, -0.2) is 9.78 Å². The van der Waals surface area contributed by atoms with Crippen molar-refractivity contribution in [1.82, 2.24) is 9.66 Å². The number of halogens is 2. The van der Waals surface area contributed by atoms with Crippen LogP contribution in [0.25, 0.3) is 10.9 Å². The first-order chi connectivity index (χ1) is 16.3. The first-order valence-corrected chi connectivity index (χ1v) is 12.3. The third-order valence-corrected chi connectivity index (χ3v) is 5.79. The first-order valence-electron chi connectivity index (χ1n) is 10.7. The summed E-state index contributed by atoms with van der Waals surface area (Å²) in [5.41, 5.74) is 0.834. The van der Waals surface area contributed by atoms with Crippen LogP contribution in [0.15, 0.2) is 49.2 Å². The molecule has 0 saturated heterocycles. The monoisotopic (exact) mass is 593 g/mol. The summed E-state index contributed by atoms with van der Waals surface area (Å²) in [6.45, 7) is 5.57. The van der Waals surface area contributed by atoms with Crippen molar-refractivity contribution in [3.05, 3.63) is 61.0 Å². The number of carbonyl (C=O) groups is 1. The molecule has 1 atom stereocenters. The number of ether oxygens (including phenoxy) is 3. The van der Waals surface area contributed by atoms with Crippen LogP contribution in [-0.2, 0) is 16.0 Å². The zero-order chi connectivity index (χ0) is 24.8. The number of nitrogens with zero attached hydrogens (tertiary/aromatic N) is 3. The maximum absolute atomic E-state index is 13.3. The third-order valence-electron chi connectivity index (χ3n) is 4.84. The Labute approximate surface area is 214 Å². The largest absolute Gasteiger partial charge is 0.493 e. The lowest BCUT2D eigenvalue weighted by Crippen LogP contribution is -2.26. The highest BCUT2D eigenvalue weighted by molar-refractivity contribution is 9.10. The number of benzene rings is 2. The molecular formula is C24H25Br2N3O5.